The number of hydrogen-bond donors (Lipinski definition) is 3. The summed E-state index contributed by atoms with van der Waals surface area (Å²) in [5.74, 6) is -1.28. The molecule has 4 amide bonds. The molecule has 2 atom stereocenters. The van der Waals surface area contributed by atoms with Gasteiger partial charge >= 0.3 is 0 Å². The summed E-state index contributed by atoms with van der Waals surface area (Å²) in [4.78, 5) is 67.8. The molecule has 1 aromatic carbocycles. The summed E-state index contributed by atoms with van der Waals surface area (Å²) >= 11 is 1.27. The van der Waals surface area contributed by atoms with Gasteiger partial charge in [-0.25, -0.2) is 15.0 Å². The molecule has 5 rings (SSSR count). The Morgan fingerprint density at radius 1 is 1.02 bits per heavy atom. The van der Waals surface area contributed by atoms with Crippen molar-refractivity contribution in [2.45, 2.75) is 52.6 Å². The Balaban J connectivity index is 1.49. The molecular weight excluding hydrogens is 598 g/mol. The fraction of sp³-hybridized carbons (Fsp3) is 0.387. The lowest BCUT2D eigenvalue weighted by Crippen LogP contribution is -2.45. The number of carbonyl (C=O) groups is 4. The number of aryl methyl sites for hydroxylation is 2. The fourth-order valence-electron chi connectivity index (χ4n) is 5.01. The van der Waals surface area contributed by atoms with Gasteiger partial charge in [-0.15, -0.1) is 11.3 Å². The third-order valence-corrected chi connectivity index (χ3v) is 8.08. The molecule has 13 nitrogen and oxygen atoms in total. The summed E-state index contributed by atoms with van der Waals surface area (Å²) < 4.78 is 11.3. The first kappa shape index (κ1) is 31.6. The maximum absolute atomic E-state index is 13.5. The van der Waals surface area contributed by atoms with Crippen molar-refractivity contribution < 1.29 is 28.0 Å². The quantitative estimate of drug-likeness (QED) is 0.297. The predicted molar refractivity (Wildman–Crippen MR) is 164 cm³/mol. The topological polar surface area (TPSA) is 173 Å². The number of oxazole rings is 2. The van der Waals surface area contributed by atoms with Gasteiger partial charge < -0.3 is 29.7 Å². The van der Waals surface area contributed by atoms with Crippen LogP contribution in [0.3, 0.4) is 0 Å². The standard InChI is InChI=1S/C31H35N7O6S/c1-17(2)12-22-30-37-24(16-45-30)27(40)32-10-11-38(31(42)26-18(3)33-19(4)44-26)14-25(39)34-21(13-20-8-6-5-7-9-20)29-36-23(15-43-29)28(41)35-22/h5-9,15-17,21-22H,10-14H2,1-4H3,(H,32,40)(H,34,39)(H,35,41)/t21-,22-/m0/s1. The van der Waals surface area contributed by atoms with E-state index in [1.807, 2.05) is 44.2 Å². The average molecular weight is 634 g/mol. The first-order valence-electron chi connectivity index (χ1n) is 14.6. The third-order valence-electron chi connectivity index (χ3n) is 7.12. The summed E-state index contributed by atoms with van der Waals surface area (Å²) in [5, 5.41) is 10.9. The minimum Gasteiger partial charge on any atom is -0.446 e. The number of benzene rings is 1. The second kappa shape index (κ2) is 13.8. The number of rotatable bonds is 5. The van der Waals surface area contributed by atoms with Crippen molar-refractivity contribution in [3.8, 4) is 0 Å². The molecule has 14 heteroatoms. The lowest BCUT2D eigenvalue weighted by atomic mass is 10.0. The van der Waals surface area contributed by atoms with E-state index < -0.39 is 35.7 Å². The van der Waals surface area contributed by atoms with Gasteiger partial charge in [-0.05, 0) is 24.8 Å². The molecule has 0 fully saturated rings. The molecule has 1 aliphatic rings. The Hall–Kier alpha value is -4.85. The molecule has 0 saturated carbocycles. The van der Waals surface area contributed by atoms with E-state index in [4.69, 9.17) is 8.83 Å². The van der Waals surface area contributed by atoms with Crippen LogP contribution >= 0.6 is 11.3 Å². The lowest BCUT2D eigenvalue weighted by molar-refractivity contribution is -0.122. The molecule has 1 aliphatic heterocycles. The zero-order chi connectivity index (χ0) is 32.1. The molecule has 3 aromatic heterocycles. The summed E-state index contributed by atoms with van der Waals surface area (Å²) in [5.41, 5.74) is 1.51. The number of amides is 4. The molecule has 0 aliphatic carbocycles. The first-order chi connectivity index (χ1) is 21.6. The number of carbonyl (C=O) groups excluding carboxylic acids is 4. The molecule has 0 spiro atoms. The van der Waals surface area contributed by atoms with Crippen molar-refractivity contribution in [1.29, 1.82) is 0 Å². The largest absolute Gasteiger partial charge is 0.446 e. The molecule has 4 heterocycles. The summed E-state index contributed by atoms with van der Waals surface area (Å²) in [6, 6.07) is 8.22. The highest BCUT2D eigenvalue weighted by molar-refractivity contribution is 7.09. The number of fused-ring (bicyclic) bond motifs is 4. The van der Waals surface area contributed by atoms with Crippen LogP contribution in [-0.2, 0) is 11.2 Å². The third kappa shape index (κ3) is 7.81. The van der Waals surface area contributed by atoms with Gasteiger partial charge in [-0.1, -0.05) is 44.2 Å². The van der Waals surface area contributed by atoms with Crippen molar-refractivity contribution in [2.24, 2.45) is 5.92 Å². The fourth-order valence-corrected chi connectivity index (χ4v) is 5.88. The van der Waals surface area contributed by atoms with Crippen molar-refractivity contribution in [3.63, 3.8) is 0 Å². The molecule has 0 saturated heterocycles. The smallest absolute Gasteiger partial charge is 0.292 e. The molecule has 0 radical (unpaired) electrons. The Kier molecular flexibility index (Phi) is 9.71. The number of nitrogens with one attached hydrogen (secondary N) is 3. The van der Waals surface area contributed by atoms with E-state index in [0.717, 1.165) is 5.56 Å². The second-order valence-corrected chi connectivity index (χ2v) is 12.1. The van der Waals surface area contributed by atoms with Crippen LogP contribution in [0.1, 0.15) is 91.9 Å². The average Bonchev–Trinajstić information content (AvgIpc) is 3.76. The molecule has 4 aromatic rings. The van der Waals surface area contributed by atoms with Gasteiger partial charge in [0.1, 0.15) is 29.6 Å². The van der Waals surface area contributed by atoms with E-state index in [1.165, 1.54) is 22.5 Å². The van der Waals surface area contributed by atoms with E-state index >= 15 is 0 Å². The maximum atomic E-state index is 13.5. The van der Waals surface area contributed by atoms with Crippen LogP contribution in [-0.4, -0.2) is 63.1 Å². The summed E-state index contributed by atoms with van der Waals surface area (Å²) in [6.07, 6.45) is 2.15. The molecule has 236 valence electrons. The Labute approximate surface area is 263 Å². The molecule has 3 N–H and O–H groups in total. The molecule has 45 heavy (non-hydrogen) atoms. The lowest BCUT2D eigenvalue weighted by Gasteiger charge is -2.23. The van der Waals surface area contributed by atoms with E-state index in [1.54, 1.807) is 19.2 Å². The summed E-state index contributed by atoms with van der Waals surface area (Å²) in [6.45, 7) is 7.02. The van der Waals surface area contributed by atoms with Gasteiger partial charge in [0.15, 0.2) is 11.6 Å². The van der Waals surface area contributed by atoms with E-state index in [2.05, 4.69) is 30.9 Å². The van der Waals surface area contributed by atoms with Crippen LogP contribution in [0.15, 0.2) is 50.8 Å². The van der Waals surface area contributed by atoms with Gasteiger partial charge in [-0.3, -0.25) is 19.2 Å². The van der Waals surface area contributed by atoms with Crippen molar-refractivity contribution >= 4 is 35.0 Å². The minimum atomic E-state index is -0.751. The highest BCUT2D eigenvalue weighted by atomic mass is 32.1. The van der Waals surface area contributed by atoms with E-state index in [9.17, 15) is 19.2 Å². The van der Waals surface area contributed by atoms with Crippen LogP contribution < -0.4 is 16.0 Å². The number of hydrogen-bond acceptors (Lipinski definition) is 10. The maximum Gasteiger partial charge on any atom is 0.292 e. The van der Waals surface area contributed by atoms with Gasteiger partial charge in [-0.2, -0.15) is 0 Å². The molecule has 4 bridgehead atoms. The first-order valence-corrected chi connectivity index (χ1v) is 15.5. The van der Waals surface area contributed by atoms with Gasteiger partial charge in [0.25, 0.3) is 17.7 Å². The minimum absolute atomic E-state index is 0.00666. The van der Waals surface area contributed by atoms with Crippen LogP contribution in [0.2, 0.25) is 0 Å². The molecule has 0 unspecified atom stereocenters. The number of nitrogens with zero attached hydrogens (tertiary/aromatic N) is 4. The van der Waals surface area contributed by atoms with Crippen LogP contribution in [0.25, 0.3) is 0 Å². The monoisotopic (exact) mass is 633 g/mol. The van der Waals surface area contributed by atoms with Crippen LogP contribution in [0.4, 0.5) is 0 Å². The van der Waals surface area contributed by atoms with Crippen molar-refractivity contribution in [3.05, 3.63) is 87.2 Å². The Morgan fingerprint density at radius 3 is 2.51 bits per heavy atom. The van der Waals surface area contributed by atoms with Gasteiger partial charge in [0.2, 0.25) is 17.6 Å². The van der Waals surface area contributed by atoms with Gasteiger partial charge in [0, 0.05) is 31.8 Å². The number of thiazole rings is 1. The zero-order valence-corrected chi connectivity index (χ0v) is 26.3. The van der Waals surface area contributed by atoms with Crippen molar-refractivity contribution in [1.82, 2.24) is 35.8 Å². The van der Waals surface area contributed by atoms with Crippen molar-refractivity contribution in [2.75, 3.05) is 19.6 Å². The van der Waals surface area contributed by atoms with Crippen LogP contribution in [0, 0.1) is 19.8 Å². The highest BCUT2D eigenvalue weighted by Crippen LogP contribution is 2.26. The molecular formula is C31H35N7O6S. The zero-order valence-electron chi connectivity index (χ0n) is 25.5. The predicted octanol–water partition coefficient (Wildman–Crippen LogP) is 3.54. The van der Waals surface area contributed by atoms with Crippen LogP contribution in [0.5, 0.6) is 0 Å². The normalized spacial score (nSPS) is 18.2. The Bertz CT molecular complexity index is 1680. The highest BCUT2D eigenvalue weighted by Gasteiger charge is 2.29. The summed E-state index contributed by atoms with van der Waals surface area (Å²) in [7, 11) is 0. The second-order valence-electron chi connectivity index (χ2n) is 11.2. The van der Waals surface area contributed by atoms with E-state index in [-0.39, 0.29) is 48.6 Å². The van der Waals surface area contributed by atoms with Gasteiger partial charge in [0.05, 0.1) is 11.7 Å². The van der Waals surface area contributed by atoms with E-state index in [0.29, 0.717) is 29.4 Å². The Morgan fingerprint density at radius 2 is 1.80 bits per heavy atom. The SMILES string of the molecule is Cc1nc(C)c(C(=O)N2CCNC(=O)c3csc(n3)[C@H](CC(C)C)NC(=O)c3coc(n3)[C@H](Cc3ccccc3)NC(=O)C2)o1. The number of aromatic nitrogens is 3.